The quantitative estimate of drug-likeness (QED) is 0.769. The van der Waals surface area contributed by atoms with E-state index in [1.807, 2.05) is 0 Å². The summed E-state index contributed by atoms with van der Waals surface area (Å²) in [5, 5.41) is 14.0. The van der Waals surface area contributed by atoms with Crippen molar-refractivity contribution in [2.45, 2.75) is 6.42 Å². The van der Waals surface area contributed by atoms with E-state index in [9.17, 15) is 14.4 Å². The Balaban J connectivity index is 2.57. The molecular formula is C13H16ClN3O4. The Hall–Kier alpha value is -2.28. The molecule has 1 aromatic rings. The van der Waals surface area contributed by atoms with E-state index in [4.69, 9.17) is 16.7 Å². The molecule has 0 saturated heterocycles. The molecular weight excluding hydrogens is 298 g/mol. The Bertz CT molecular complexity index is 560. The lowest BCUT2D eigenvalue weighted by atomic mass is 10.2. The summed E-state index contributed by atoms with van der Waals surface area (Å²) >= 11 is 5.87. The van der Waals surface area contributed by atoms with Gasteiger partial charge in [-0.3, -0.25) is 4.79 Å². The van der Waals surface area contributed by atoms with Gasteiger partial charge >= 0.3 is 12.0 Å². The van der Waals surface area contributed by atoms with Crippen LogP contribution in [-0.4, -0.2) is 48.6 Å². The largest absolute Gasteiger partial charge is 0.478 e. The number of carboxylic acids is 1. The number of halogens is 1. The highest BCUT2D eigenvalue weighted by Crippen LogP contribution is 2.22. The number of carbonyl (C=O) groups excluding carboxylic acids is 2. The highest BCUT2D eigenvalue weighted by Gasteiger charge is 2.10. The average molecular weight is 314 g/mol. The first-order chi connectivity index (χ1) is 9.81. The number of urea groups is 1. The van der Waals surface area contributed by atoms with Gasteiger partial charge in [0.15, 0.2) is 0 Å². The molecule has 0 saturated carbocycles. The van der Waals surface area contributed by atoms with E-state index in [-0.39, 0.29) is 35.1 Å². The van der Waals surface area contributed by atoms with E-state index in [2.05, 4.69) is 10.6 Å². The average Bonchev–Trinajstić information content (AvgIpc) is 2.40. The normalized spacial score (nSPS) is 9.86. The fourth-order valence-corrected chi connectivity index (χ4v) is 1.59. The first kappa shape index (κ1) is 16.8. The lowest BCUT2D eigenvalue weighted by Gasteiger charge is -2.12. The van der Waals surface area contributed by atoms with E-state index in [1.165, 1.54) is 23.1 Å². The molecule has 1 aromatic carbocycles. The number of benzene rings is 1. The van der Waals surface area contributed by atoms with E-state index >= 15 is 0 Å². The molecule has 0 bridgehead atoms. The molecule has 1 rings (SSSR count). The van der Waals surface area contributed by atoms with Crippen LogP contribution >= 0.6 is 11.6 Å². The van der Waals surface area contributed by atoms with Crippen LogP contribution in [-0.2, 0) is 4.79 Å². The first-order valence-electron chi connectivity index (χ1n) is 6.09. The molecule has 7 nitrogen and oxygen atoms in total. The third kappa shape index (κ3) is 5.31. The monoisotopic (exact) mass is 313 g/mol. The molecule has 0 fully saturated rings. The van der Waals surface area contributed by atoms with Crippen LogP contribution in [0.4, 0.5) is 10.5 Å². The summed E-state index contributed by atoms with van der Waals surface area (Å²) in [7, 11) is 3.25. The maximum absolute atomic E-state index is 11.6. The maximum Gasteiger partial charge on any atom is 0.335 e. The number of amides is 3. The molecule has 0 aliphatic rings. The second-order valence-electron chi connectivity index (χ2n) is 4.42. The predicted octanol–water partition coefficient (Wildman–Crippen LogP) is 1.64. The second kappa shape index (κ2) is 7.49. The van der Waals surface area contributed by atoms with Gasteiger partial charge in [-0.25, -0.2) is 9.59 Å². The number of aromatic carboxylic acids is 1. The standard InChI is InChI=1S/C13H16ClN3O4/c1-17(2)11(18)5-6-15-13(21)16-10-7-8(12(19)20)3-4-9(10)14/h3-4,7H,5-6H2,1-2H3,(H,19,20)(H2,15,16,21). The van der Waals surface area contributed by atoms with Gasteiger partial charge in [-0.05, 0) is 18.2 Å². The fourth-order valence-electron chi connectivity index (χ4n) is 1.43. The Morgan fingerprint density at radius 2 is 1.95 bits per heavy atom. The van der Waals surface area contributed by atoms with Gasteiger partial charge in [0, 0.05) is 27.1 Å². The van der Waals surface area contributed by atoms with Gasteiger partial charge in [-0.15, -0.1) is 0 Å². The Labute approximate surface area is 126 Å². The number of carbonyl (C=O) groups is 3. The van der Waals surface area contributed by atoms with Crippen LogP contribution in [0.25, 0.3) is 0 Å². The van der Waals surface area contributed by atoms with Crippen LogP contribution in [0.2, 0.25) is 5.02 Å². The zero-order valence-electron chi connectivity index (χ0n) is 11.6. The summed E-state index contributed by atoms with van der Waals surface area (Å²) in [6, 6.07) is 3.42. The van der Waals surface area contributed by atoms with Crippen LogP contribution in [0.5, 0.6) is 0 Å². The number of nitrogens with zero attached hydrogens (tertiary/aromatic N) is 1. The van der Waals surface area contributed by atoms with E-state index in [0.717, 1.165) is 0 Å². The lowest BCUT2D eigenvalue weighted by molar-refractivity contribution is -0.128. The zero-order valence-corrected chi connectivity index (χ0v) is 12.4. The molecule has 0 heterocycles. The van der Waals surface area contributed by atoms with Gasteiger partial charge in [0.25, 0.3) is 0 Å². The van der Waals surface area contributed by atoms with Crippen molar-refractivity contribution in [1.29, 1.82) is 0 Å². The summed E-state index contributed by atoms with van der Waals surface area (Å²) in [5.74, 6) is -1.23. The lowest BCUT2D eigenvalue weighted by Crippen LogP contribution is -2.33. The van der Waals surface area contributed by atoms with Gasteiger partial charge in [-0.1, -0.05) is 11.6 Å². The highest BCUT2D eigenvalue weighted by molar-refractivity contribution is 6.33. The van der Waals surface area contributed by atoms with Crippen LogP contribution in [0, 0.1) is 0 Å². The van der Waals surface area contributed by atoms with Gasteiger partial charge in [0.2, 0.25) is 5.91 Å². The minimum absolute atomic E-state index is 0.0116. The van der Waals surface area contributed by atoms with Gasteiger partial charge < -0.3 is 20.6 Å². The van der Waals surface area contributed by atoms with Crippen LogP contribution in [0.15, 0.2) is 18.2 Å². The van der Waals surface area contributed by atoms with E-state index in [1.54, 1.807) is 14.1 Å². The molecule has 21 heavy (non-hydrogen) atoms. The Morgan fingerprint density at radius 1 is 1.29 bits per heavy atom. The van der Waals surface area contributed by atoms with Crippen molar-refractivity contribution in [3.63, 3.8) is 0 Å². The molecule has 0 aliphatic heterocycles. The molecule has 0 radical (unpaired) electrons. The van der Waals surface area contributed by atoms with Crippen molar-refractivity contribution in [3.8, 4) is 0 Å². The van der Waals surface area contributed by atoms with E-state index < -0.39 is 12.0 Å². The summed E-state index contributed by atoms with van der Waals surface area (Å²) in [4.78, 5) is 35.2. The minimum Gasteiger partial charge on any atom is -0.478 e. The number of carboxylic acid groups (broad SMARTS) is 1. The van der Waals surface area contributed by atoms with Gasteiger partial charge in [0.1, 0.15) is 0 Å². The third-order valence-corrected chi connectivity index (χ3v) is 2.91. The fraction of sp³-hybridized carbons (Fsp3) is 0.308. The van der Waals surface area contributed by atoms with Crippen molar-refractivity contribution in [2.75, 3.05) is 26.0 Å². The molecule has 0 unspecified atom stereocenters. The minimum atomic E-state index is -1.12. The molecule has 114 valence electrons. The SMILES string of the molecule is CN(C)C(=O)CCNC(=O)Nc1cc(C(=O)O)ccc1Cl. The number of rotatable bonds is 5. The van der Waals surface area contributed by atoms with Crippen LogP contribution in [0.3, 0.4) is 0 Å². The van der Waals surface area contributed by atoms with Crippen LogP contribution in [0.1, 0.15) is 16.8 Å². The summed E-state index contributed by atoms with van der Waals surface area (Å²) in [6.07, 6.45) is 0.170. The highest BCUT2D eigenvalue weighted by atomic mass is 35.5. The van der Waals surface area contributed by atoms with E-state index in [0.29, 0.717) is 0 Å². The maximum atomic E-state index is 11.6. The molecule has 0 spiro atoms. The molecule has 3 amide bonds. The van der Waals surface area contributed by atoms with Crippen LogP contribution < -0.4 is 10.6 Å². The smallest absolute Gasteiger partial charge is 0.335 e. The number of nitrogens with one attached hydrogen (secondary N) is 2. The molecule has 8 heteroatoms. The van der Waals surface area contributed by atoms with Gasteiger partial charge in [-0.2, -0.15) is 0 Å². The first-order valence-corrected chi connectivity index (χ1v) is 6.47. The summed E-state index contributed by atoms with van der Waals surface area (Å²) in [6.45, 7) is 0.166. The van der Waals surface area contributed by atoms with Crippen molar-refractivity contribution in [3.05, 3.63) is 28.8 Å². The van der Waals surface area contributed by atoms with Crippen molar-refractivity contribution >= 4 is 35.2 Å². The Kier molecular flexibility index (Phi) is 5.98. The molecule has 0 aliphatic carbocycles. The van der Waals surface area contributed by atoms with Gasteiger partial charge in [0.05, 0.1) is 16.3 Å². The number of anilines is 1. The molecule has 0 aromatic heterocycles. The predicted molar refractivity (Wildman–Crippen MR) is 78.7 cm³/mol. The molecule has 0 atom stereocenters. The Morgan fingerprint density at radius 3 is 2.52 bits per heavy atom. The number of hydrogen-bond donors (Lipinski definition) is 3. The zero-order chi connectivity index (χ0) is 16.0. The van der Waals surface area contributed by atoms with Crippen molar-refractivity contribution in [2.24, 2.45) is 0 Å². The van der Waals surface area contributed by atoms with Crippen molar-refractivity contribution < 1.29 is 19.5 Å². The number of hydrogen-bond acceptors (Lipinski definition) is 3. The summed E-state index contributed by atoms with van der Waals surface area (Å²) in [5.41, 5.74) is 0.200. The van der Waals surface area contributed by atoms with Crippen molar-refractivity contribution in [1.82, 2.24) is 10.2 Å². The summed E-state index contributed by atoms with van der Waals surface area (Å²) < 4.78 is 0. The molecule has 3 N–H and O–H groups in total. The topological polar surface area (TPSA) is 98.7 Å². The third-order valence-electron chi connectivity index (χ3n) is 2.58. The second-order valence-corrected chi connectivity index (χ2v) is 4.83.